The van der Waals surface area contributed by atoms with Crippen LogP contribution in [0.5, 0.6) is 0 Å². The van der Waals surface area contributed by atoms with Crippen LogP contribution in [-0.2, 0) is 9.53 Å². The highest BCUT2D eigenvalue weighted by Crippen LogP contribution is 2.33. The van der Waals surface area contributed by atoms with Gasteiger partial charge in [-0.2, -0.15) is 13.2 Å². The first-order valence-corrected chi connectivity index (χ1v) is 4.96. The van der Waals surface area contributed by atoms with Gasteiger partial charge in [-0.25, -0.2) is 4.79 Å². The number of esters is 1. The molecule has 1 aromatic rings. The molecule has 0 saturated heterocycles. The first-order valence-electron chi connectivity index (χ1n) is 4.96. The van der Waals surface area contributed by atoms with Crippen LogP contribution in [0, 0.1) is 0 Å². The third kappa shape index (κ3) is 3.94. The van der Waals surface area contributed by atoms with Gasteiger partial charge in [-0.1, -0.05) is 30.3 Å². The van der Waals surface area contributed by atoms with Crippen molar-refractivity contribution < 1.29 is 22.7 Å². The van der Waals surface area contributed by atoms with Gasteiger partial charge in [-0.05, 0) is 12.5 Å². The third-order valence-electron chi connectivity index (χ3n) is 1.94. The molecule has 0 bridgehead atoms. The van der Waals surface area contributed by atoms with Crippen molar-refractivity contribution in [3.63, 3.8) is 0 Å². The normalized spacial score (nSPS) is 12.4. The zero-order valence-electron chi connectivity index (χ0n) is 9.12. The molecule has 0 radical (unpaired) electrons. The minimum Gasteiger partial charge on any atom is -0.463 e. The second-order valence-electron chi connectivity index (χ2n) is 3.17. The molecule has 5 heteroatoms. The summed E-state index contributed by atoms with van der Waals surface area (Å²) in [6.07, 6.45) is -4.12. The second-order valence-corrected chi connectivity index (χ2v) is 3.17. The molecular formula is C12H11F3O2. The molecule has 0 unspecified atom stereocenters. The number of benzene rings is 1. The van der Waals surface area contributed by atoms with Gasteiger partial charge in [0.15, 0.2) is 0 Å². The highest BCUT2D eigenvalue weighted by molar-refractivity contribution is 5.92. The number of ether oxygens (including phenoxy) is 1. The predicted octanol–water partition coefficient (Wildman–Crippen LogP) is 3.20. The molecule has 0 spiro atoms. The van der Waals surface area contributed by atoms with E-state index in [2.05, 4.69) is 4.74 Å². The number of hydrogen-bond donors (Lipinski definition) is 0. The molecule has 0 aromatic heterocycles. The van der Waals surface area contributed by atoms with Crippen LogP contribution in [0.3, 0.4) is 0 Å². The number of alkyl halides is 3. The lowest BCUT2D eigenvalue weighted by Gasteiger charge is -2.11. The smallest absolute Gasteiger partial charge is 0.417 e. The maximum Gasteiger partial charge on any atom is 0.417 e. The summed E-state index contributed by atoms with van der Waals surface area (Å²) in [7, 11) is 0. The topological polar surface area (TPSA) is 26.3 Å². The number of rotatable bonds is 3. The van der Waals surface area contributed by atoms with E-state index in [1.54, 1.807) is 6.07 Å². The Hall–Kier alpha value is -1.78. The van der Waals surface area contributed by atoms with Gasteiger partial charge in [0.05, 0.1) is 12.2 Å². The highest BCUT2D eigenvalue weighted by atomic mass is 19.4. The SMILES string of the molecule is CCOC(=O)C=C(c1ccccc1)C(F)(F)F. The molecule has 0 fully saturated rings. The summed E-state index contributed by atoms with van der Waals surface area (Å²) >= 11 is 0. The maximum atomic E-state index is 12.7. The molecule has 0 aliphatic rings. The predicted molar refractivity (Wildman–Crippen MR) is 57.1 cm³/mol. The molecule has 0 aliphatic carbocycles. The average Bonchev–Trinajstić information content (AvgIpc) is 2.26. The van der Waals surface area contributed by atoms with Crippen molar-refractivity contribution in [1.29, 1.82) is 0 Å². The molecule has 2 nitrogen and oxygen atoms in total. The number of carbonyl (C=O) groups is 1. The number of allylic oxidation sites excluding steroid dienone is 1. The van der Waals surface area contributed by atoms with Gasteiger partial charge in [-0.3, -0.25) is 0 Å². The standard InChI is InChI=1S/C12H11F3O2/c1-2-17-11(16)8-10(12(13,14)15)9-6-4-3-5-7-9/h3-8H,2H2,1H3. The van der Waals surface area contributed by atoms with Crippen LogP contribution in [0.15, 0.2) is 36.4 Å². The lowest BCUT2D eigenvalue weighted by molar-refractivity contribution is -0.137. The quantitative estimate of drug-likeness (QED) is 0.603. The Bertz CT molecular complexity index is 408. The van der Waals surface area contributed by atoms with Gasteiger partial charge < -0.3 is 4.74 Å². The largest absolute Gasteiger partial charge is 0.463 e. The van der Waals surface area contributed by atoms with E-state index in [1.165, 1.54) is 31.2 Å². The minimum absolute atomic E-state index is 0.0370. The highest BCUT2D eigenvalue weighted by Gasteiger charge is 2.35. The van der Waals surface area contributed by atoms with Crippen LogP contribution in [-0.4, -0.2) is 18.8 Å². The fourth-order valence-corrected chi connectivity index (χ4v) is 1.25. The first-order chi connectivity index (χ1) is 7.95. The summed E-state index contributed by atoms with van der Waals surface area (Å²) in [5.41, 5.74) is -1.07. The summed E-state index contributed by atoms with van der Waals surface area (Å²) in [4.78, 5) is 11.1. The molecule has 0 atom stereocenters. The Labute approximate surface area is 96.7 Å². The van der Waals surface area contributed by atoms with E-state index in [0.29, 0.717) is 6.08 Å². The Morgan fingerprint density at radius 1 is 1.29 bits per heavy atom. The Morgan fingerprint density at radius 3 is 2.35 bits per heavy atom. The zero-order valence-corrected chi connectivity index (χ0v) is 9.12. The second kappa shape index (κ2) is 5.52. The Balaban J connectivity index is 3.10. The first kappa shape index (κ1) is 13.3. The molecule has 1 aromatic carbocycles. The fraction of sp³-hybridized carbons (Fsp3) is 0.250. The maximum absolute atomic E-state index is 12.7. The summed E-state index contributed by atoms with van der Waals surface area (Å²) in [5, 5.41) is 0. The van der Waals surface area contributed by atoms with E-state index in [0.717, 1.165) is 0 Å². The monoisotopic (exact) mass is 244 g/mol. The Morgan fingerprint density at radius 2 is 1.88 bits per heavy atom. The van der Waals surface area contributed by atoms with Crippen molar-refractivity contribution in [2.75, 3.05) is 6.61 Å². The van der Waals surface area contributed by atoms with E-state index in [1.807, 2.05) is 0 Å². The van der Waals surface area contributed by atoms with Gasteiger partial charge in [0.1, 0.15) is 0 Å². The minimum atomic E-state index is -4.59. The number of halogens is 3. The van der Waals surface area contributed by atoms with Crippen LogP contribution in [0.25, 0.3) is 5.57 Å². The summed E-state index contributed by atoms with van der Waals surface area (Å²) < 4.78 is 42.7. The van der Waals surface area contributed by atoms with Crippen LogP contribution >= 0.6 is 0 Å². The molecule has 0 heterocycles. The van der Waals surface area contributed by atoms with Gasteiger partial charge in [0.25, 0.3) is 0 Å². The van der Waals surface area contributed by atoms with Crippen LogP contribution in [0.4, 0.5) is 13.2 Å². The number of carbonyl (C=O) groups excluding carboxylic acids is 1. The molecule has 1 rings (SSSR count). The van der Waals surface area contributed by atoms with E-state index < -0.39 is 17.7 Å². The lowest BCUT2D eigenvalue weighted by atomic mass is 10.1. The fourth-order valence-electron chi connectivity index (χ4n) is 1.25. The molecule has 17 heavy (non-hydrogen) atoms. The third-order valence-corrected chi connectivity index (χ3v) is 1.94. The van der Waals surface area contributed by atoms with Crippen molar-refractivity contribution in [3.05, 3.63) is 42.0 Å². The summed E-state index contributed by atoms with van der Waals surface area (Å²) in [5.74, 6) is -0.997. The molecule has 0 aliphatic heterocycles. The van der Waals surface area contributed by atoms with Crippen molar-refractivity contribution in [2.45, 2.75) is 13.1 Å². The Kier molecular flexibility index (Phi) is 4.31. The van der Waals surface area contributed by atoms with Crippen LogP contribution in [0.1, 0.15) is 12.5 Å². The lowest BCUT2D eigenvalue weighted by Crippen LogP contribution is -2.13. The van der Waals surface area contributed by atoms with Crippen LogP contribution in [0.2, 0.25) is 0 Å². The van der Waals surface area contributed by atoms with Crippen molar-refractivity contribution in [3.8, 4) is 0 Å². The van der Waals surface area contributed by atoms with Crippen LogP contribution < -0.4 is 0 Å². The van der Waals surface area contributed by atoms with Gasteiger partial charge in [0, 0.05) is 6.08 Å². The average molecular weight is 244 g/mol. The molecule has 92 valence electrons. The van der Waals surface area contributed by atoms with Crippen molar-refractivity contribution in [1.82, 2.24) is 0 Å². The summed E-state index contributed by atoms with van der Waals surface area (Å²) in [6.45, 7) is 1.57. The van der Waals surface area contributed by atoms with Gasteiger partial charge >= 0.3 is 12.1 Å². The molecular weight excluding hydrogens is 233 g/mol. The van der Waals surface area contributed by atoms with Crippen molar-refractivity contribution in [2.24, 2.45) is 0 Å². The van der Waals surface area contributed by atoms with E-state index in [-0.39, 0.29) is 12.2 Å². The summed E-state index contributed by atoms with van der Waals surface area (Å²) in [6, 6.07) is 7.12. The van der Waals surface area contributed by atoms with E-state index >= 15 is 0 Å². The zero-order chi connectivity index (χ0) is 12.9. The molecule has 0 saturated carbocycles. The molecule has 0 N–H and O–H groups in total. The van der Waals surface area contributed by atoms with E-state index in [9.17, 15) is 18.0 Å². The van der Waals surface area contributed by atoms with E-state index in [4.69, 9.17) is 0 Å². The van der Waals surface area contributed by atoms with Crippen molar-refractivity contribution >= 4 is 11.5 Å². The van der Waals surface area contributed by atoms with Gasteiger partial charge in [0.2, 0.25) is 0 Å². The number of hydrogen-bond acceptors (Lipinski definition) is 2. The molecule has 0 amide bonds. The van der Waals surface area contributed by atoms with Gasteiger partial charge in [-0.15, -0.1) is 0 Å².